The van der Waals surface area contributed by atoms with Crippen LogP contribution in [0.5, 0.6) is 0 Å². The molecular formula is C19H25N3O3. The predicted octanol–water partition coefficient (Wildman–Crippen LogP) is 1.74. The summed E-state index contributed by atoms with van der Waals surface area (Å²) in [6.45, 7) is 2.64. The largest absolute Gasteiger partial charge is 0.368 e. The topological polar surface area (TPSA) is 62.7 Å². The van der Waals surface area contributed by atoms with Crippen LogP contribution in [0.4, 0.5) is 0 Å². The zero-order valence-electron chi connectivity index (χ0n) is 14.5. The first kappa shape index (κ1) is 16.5. The van der Waals surface area contributed by atoms with Gasteiger partial charge in [0.2, 0.25) is 5.91 Å². The van der Waals surface area contributed by atoms with E-state index in [1.54, 1.807) is 12.4 Å². The molecule has 0 aliphatic carbocycles. The molecule has 1 aromatic heterocycles. The molecule has 4 heterocycles. The maximum Gasteiger partial charge on any atom is 0.252 e. The number of rotatable bonds is 3. The van der Waals surface area contributed by atoms with Crippen LogP contribution >= 0.6 is 0 Å². The first-order chi connectivity index (χ1) is 12.2. The van der Waals surface area contributed by atoms with Gasteiger partial charge in [0.15, 0.2) is 0 Å². The summed E-state index contributed by atoms with van der Waals surface area (Å²) in [6.07, 6.45) is 8.38. The Balaban J connectivity index is 1.52. The van der Waals surface area contributed by atoms with Crippen LogP contribution in [0.1, 0.15) is 44.1 Å². The van der Waals surface area contributed by atoms with Gasteiger partial charge in [0.25, 0.3) is 5.91 Å². The van der Waals surface area contributed by atoms with Crippen LogP contribution in [0.15, 0.2) is 24.5 Å². The molecule has 134 valence electrons. The molecule has 0 N–H and O–H groups in total. The van der Waals surface area contributed by atoms with E-state index in [9.17, 15) is 9.59 Å². The van der Waals surface area contributed by atoms with Crippen molar-refractivity contribution in [2.24, 2.45) is 0 Å². The summed E-state index contributed by atoms with van der Waals surface area (Å²) in [5.41, 5.74) is 0.735. The van der Waals surface area contributed by atoms with Crippen molar-refractivity contribution >= 4 is 11.8 Å². The molecule has 3 aliphatic heterocycles. The Bertz CT molecular complexity index is 645. The molecule has 0 unspecified atom stereocenters. The van der Waals surface area contributed by atoms with E-state index in [1.165, 1.54) is 0 Å². The molecule has 1 aromatic rings. The lowest BCUT2D eigenvalue weighted by Gasteiger charge is -2.45. The summed E-state index contributed by atoms with van der Waals surface area (Å²) in [6, 6.07) is 3.88. The smallest absolute Gasteiger partial charge is 0.252 e. The fourth-order valence-corrected chi connectivity index (χ4v) is 4.48. The molecule has 25 heavy (non-hydrogen) atoms. The minimum Gasteiger partial charge on any atom is -0.368 e. The van der Waals surface area contributed by atoms with Gasteiger partial charge in [-0.15, -0.1) is 0 Å². The van der Waals surface area contributed by atoms with Crippen molar-refractivity contribution in [2.45, 2.75) is 56.7 Å². The molecule has 3 fully saturated rings. The van der Waals surface area contributed by atoms with Crippen molar-refractivity contribution in [3.63, 3.8) is 0 Å². The molecule has 4 rings (SSSR count). The lowest BCUT2D eigenvalue weighted by atomic mass is 9.85. The highest BCUT2D eigenvalue weighted by atomic mass is 16.5. The summed E-state index contributed by atoms with van der Waals surface area (Å²) >= 11 is 0. The average Bonchev–Trinajstić information content (AvgIpc) is 3.25. The number of nitrogens with zero attached hydrogens (tertiary/aromatic N) is 3. The second-order valence-electron chi connectivity index (χ2n) is 7.46. The second-order valence-corrected chi connectivity index (χ2v) is 7.46. The van der Waals surface area contributed by atoms with Gasteiger partial charge in [-0.25, -0.2) is 0 Å². The highest BCUT2D eigenvalue weighted by molar-refractivity contribution is 5.86. The van der Waals surface area contributed by atoms with Gasteiger partial charge in [-0.2, -0.15) is 0 Å². The zero-order chi connectivity index (χ0) is 17.3. The van der Waals surface area contributed by atoms with Crippen LogP contribution in [0.3, 0.4) is 0 Å². The molecule has 2 amide bonds. The standard InChI is InChI=1S/C19H25N3O3/c23-17-12-19(14-21(17)13-15-5-8-20-9-6-15)7-1-2-10-22(19)18(24)16-4-3-11-25-16/h5-6,8-9,16H,1-4,7,10-14H2/t16-,19-/m0/s1. The monoisotopic (exact) mass is 343 g/mol. The number of pyridine rings is 1. The number of ether oxygens (including phenoxy) is 1. The van der Waals surface area contributed by atoms with E-state index in [0.717, 1.165) is 44.2 Å². The van der Waals surface area contributed by atoms with Crippen molar-refractivity contribution in [3.05, 3.63) is 30.1 Å². The van der Waals surface area contributed by atoms with Crippen LogP contribution in [0.25, 0.3) is 0 Å². The lowest BCUT2D eigenvalue weighted by molar-refractivity contribution is -0.149. The molecule has 0 bridgehead atoms. The number of piperidine rings is 1. The summed E-state index contributed by atoms with van der Waals surface area (Å²) in [5, 5.41) is 0. The van der Waals surface area contributed by atoms with Gasteiger partial charge in [-0.05, 0) is 49.8 Å². The predicted molar refractivity (Wildman–Crippen MR) is 91.5 cm³/mol. The minimum absolute atomic E-state index is 0.0933. The summed E-state index contributed by atoms with van der Waals surface area (Å²) in [4.78, 5) is 33.6. The molecule has 2 atom stereocenters. The van der Waals surface area contributed by atoms with Gasteiger partial charge < -0.3 is 14.5 Å². The summed E-state index contributed by atoms with van der Waals surface area (Å²) < 4.78 is 5.62. The fourth-order valence-electron chi connectivity index (χ4n) is 4.48. The van der Waals surface area contributed by atoms with E-state index in [4.69, 9.17) is 4.74 Å². The number of carbonyl (C=O) groups excluding carboxylic acids is 2. The van der Waals surface area contributed by atoms with Gasteiger partial charge in [0, 0.05) is 38.6 Å². The molecule has 3 aliphatic rings. The second kappa shape index (κ2) is 6.75. The SMILES string of the molecule is O=C1C[C@@]2(CCCCN2C(=O)[C@@H]2CCCO2)CN1Cc1ccncc1. The zero-order valence-corrected chi connectivity index (χ0v) is 14.5. The van der Waals surface area contributed by atoms with Crippen molar-refractivity contribution in [1.29, 1.82) is 0 Å². The normalized spacial score (nSPS) is 29.6. The number of hydrogen-bond acceptors (Lipinski definition) is 4. The molecule has 6 nitrogen and oxygen atoms in total. The Morgan fingerprint density at radius 2 is 2.12 bits per heavy atom. The molecule has 3 saturated heterocycles. The van der Waals surface area contributed by atoms with Gasteiger partial charge in [0.1, 0.15) is 6.10 Å². The molecule has 1 spiro atoms. The van der Waals surface area contributed by atoms with E-state index >= 15 is 0 Å². The Labute approximate surface area is 148 Å². The van der Waals surface area contributed by atoms with Crippen molar-refractivity contribution < 1.29 is 14.3 Å². The van der Waals surface area contributed by atoms with Gasteiger partial charge >= 0.3 is 0 Å². The third kappa shape index (κ3) is 3.15. The van der Waals surface area contributed by atoms with Crippen molar-refractivity contribution in [1.82, 2.24) is 14.8 Å². The lowest BCUT2D eigenvalue weighted by Crippen LogP contribution is -2.58. The number of aromatic nitrogens is 1. The van der Waals surface area contributed by atoms with E-state index in [2.05, 4.69) is 4.98 Å². The molecule has 6 heteroatoms. The quantitative estimate of drug-likeness (QED) is 0.839. The number of carbonyl (C=O) groups is 2. The van der Waals surface area contributed by atoms with E-state index in [0.29, 0.717) is 26.1 Å². The van der Waals surface area contributed by atoms with Crippen molar-refractivity contribution in [3.8, 4) is 0 Å². The average molecular weight is 343 g/mol. The van der Waals surface area contributed by atoms with Crippen LogP contribution in [0, 0.1) is 0 Å². The van der Waals surface area contributed by atoms with Gasteiger partial charge in [0.05, 0.1) is 12.0 Å². The van der Waals surface area contributed by atoms with Crippen LogP contribution < -0.4 is 0 Å². The highest BCUT2D eigenvalue weighted by Crippen LogP contribution is 2.39. The van der Waals surface area contributed by atoms with Crippen LogP contribution in [-0.2, 0) is 20.9 Å². The number of amides is 2. The Morgan fingerprint density at radius 3 is 2.88 bits per heavy atom. The third-order valence-corrected chi connectivity index (χ3v) is 5.76. The molecule has 0 radical (unpaired) electrons. The number of hydrogen-bond donors (Lipinski definition) is 0. The molecule has 0 saturated carbocycles. The maximum atomic E-state index is 13.0. The fraction of sp³-hybridized carbons (Fsp3) is 0.632. The van der Waals surface area contributed by atoms with E-state index in [-0.39, 0.29) is 23.5 Å². The van der Waals surface area contributed by atoms with E-state index in [1.807, 2.05) is 21.9 Å². The van der Waals surface area contributed by atoms with Crippen LogP contribution in [-0.4, -0.2) is 57.9 Å². The Hall–Kier alpha value is -1.95. The summed E-state index contributed by atoms with van der Waals surface area (Å²) in [7, 11) is 0. The highest BCUT2D eigenvalue weighted by Gasteiger charge is 2.51. The van der Waals surface area contributed by atoms with Gasteiger partial charge in [-0.1, -0.05) is 0 Å². The molecule has 0 aromatic carbocycles. The third-order valence-electron chi connectivity index (χ3n) is 5.76. The minimum atomic E-state index is -0.342. The first-order valence-corrected chi connectivity index (χ1v) is 9.28. The van der Waals surface area contributed by atoms with Gasteiger partial charge in [-0.3, -0.25) is 14.6 Å². The van der Waals surface area contributed by atoms with E-state index < -0.39 is 0 Å². The molecular weight excluding hydrogens is 318 g/mol. The Kier molecular flexibility index (Phi) is 4.46. The summed E-state index contributed by atoms with van der Waals surface area (Å²) in [5.74, 6) is 0.236. The first-order valence-electron chi connectivity index (χ1n) is 9.28. The van der Waals surface area contributed by atoms with Crippen molar-refractivity contribution in [2.75, 3.05) is 19.7 Å². The Morgan fingerprint density at radius 1 is 1.28 bits per heavy atom. The van der Waals surface area contributed by atoms with Crippen LogP contribution in [0.2, 0.25) is 0 Å². The number of likely N-dealkylation sites (tertiary alicyclic amines) is 2. The maximum absolute atomic E-state index is 13.0.